The lowest BCUT2D eigenvalue weighted by Crippen LogP contribution is -2.59. The molecule has 49 heavy (non-hydrogen) atoms. The molecular weight excluding hydrogens is 625 g/mol. The molecule has 2 aromatic carbocycles. The number of hydrogen-bond acceptors (Lipinski definition) is 9. The van der Waals surface area contributed by atoms with Crippen LogP contribution in [-0.4, -0.2) is 104 Å². The number of amides is 1. The Balaban J connectivity index is 1.11. The molecule has 2 N–H and O–H groups in total. The molecule has 3 aliphatic rings. The third-order valence-corrected chi connectivity index (χ3v) is 9.82. The van der Waals surface area contributed by atoms with Crippen LogP contribution in [0.3, 0.4) is 0 Å². The summed E-state index contributed by atoms with van der Waals surface area (Å²) >= 11 is 0. The number of ether oxygens (including phenoxy) is 2. The maximum absolute atomic E-state index is 15.7. The Hall–Kier alpha value is -4.90. The van der Waals surface area contributed by atoms with Crippen LogP contribution in [0.15, 0.2) is 66.6 Å². The maximum Gasteiger partial charge on any atom is 0.252 e. The molecule has 1 amide bonds. The molecular formula is C36H40FN9O3. The number of carbonyl (C=O) groups is 1. The zero-order chi connectivity index (χ0) is 34.1. The Morgan fingerprint density at radius 1 is 1.06 bits per heavy atom. The zero-order valence-electron chi connectivity index (χ0n) is 27.8. The Kier molecular flexibility index (Phi) is 9.02. The van der Waals surface area contributed by atoms with Gasteiger partial charge in [-0.15, -0.1) is 0 Å². The number of rotatable bonds is 8. The zero-order valence-corrected chi connectivity index (χ0v) is 27.8. The minimum absolute atomic E-state index is 0.109. The highest BCUT2D eigenvalue weighted by Crippen LogP contribution is 2.37. The number of hydrogen-bond donors (Lipinski definition) is 1. The number of likely N-dealkylation sites (tertiary alicyclic amines) is 1. The lowest BCUT2D eigenvalue weighted by atomic mass is 9.98. The number of fused-ring (bicyclic) bond motifs is 1. The van der Waals surface area contributed by atoms with Crippen molar-refractivity contribution >= 4 is 22.8 Å². The number of piperidine rings is 1. The summed E-state index contributed by atoms with van der Waals surface area (Å²) in [6.45, 7) is 18.1. The van der Waals surface area contributed by atoms with Crippen LogP contribution in [0.4, 0.5) is 10.2 Å². The van der Waals surface area contributed by atoms with E-state index < -0.39 is 11.4 Å². The summed E-state index contributed by atoms with van der Waals surface area (Å²) in [4.78, 5) is 32.8. The van der Waals surface area contributed by atoms with Gasteiger partial charge in [0.2, 0.25) is 5.70 Å². The number of anilines is 1. The summed E-state index contributed by atoms with van der Waals surface area (Å²) in [5, 5.41) is 5.29. The molecule has 5 heterocycles. The van der Waals surface area contributed by atoms with E-state index in [9.17, 15) is 4.79 Å². The first-order chi connectivity index (χ1) is 23.7. The maximum atomic E-state index is 15.7. The number of para-hydroxylation sites is 1. The van der Waals surface area contributed by atoms with E-state index in [4.69, 9.17) is 26.9 Å². The Labute approximate surface area is 284 Å². The number of nitrogens with two attached hydrogens (primary N) is 1. The standard InChI is InChI=1S/C36H40FN9O3/c1-36(2,45-16-14-43(15-17-45)25-21-48-22-25)19-30(39-3)35(47)44-13-7-8-24(20-44)46-34-31(33(38)40-23-41-34)32(42-46)28-12-11-27(18-29(28)37)49-26-9-5-4-6-10-26/h4-6,9-12,18-19,23-25H,7-8,13-17,20-22H2,1-2H3,(H2,38,40,41)/b30-19+/t24-/m1/s1. The number of nitrogen functional groups attached to an aromatic ring is 1. The lowest BCUT2D eigenvalue weighted by Gasteiger charge is -2.47. The SMILES string of the molecule is [C-]#[N+]/C(=C/C(C)(C)N1CCN(C2COC2)CC1)C(=O)N1CCC[C@@H](n2nc(-c3ccc(Oc4ccccc4)cc3F)c3c(N)ncnc32)C1. The fraction of sp³-hybridized carbons (Fsp3) is 0.417. The molecule has 0 unspecified atom stereocenters. The molecule has 7 rings (SSSR count). The van der Waals surface area contributed by atoms with Crippen LogP contribution in [-0.2, 0) is 9.53 Å². The molecule has 0 spiro atoms. The monoisotopic (exact) mass is 665 g/mol. The van der Waals surface area contributed by atoms with Gasteiger partial charge >= 0.3 is 0 Å². The molecule has 12 nitrogen and oxygen atoms in total. The van der Waals surface area contributed by atoms with Gasteiger partial charge in [0, 0.05) is 56.4 Å². The molecule has 0 saturated carbocycles. The molecule has 3 fully saturated rings. The average molecular weight is 666 g/mol. The van der Waals surface area contributed by atoms with E-state index in [1.165, 1.54) is 12.4 Å². The molecule has 254 valence electrons. The summed E-state index contributed by atoms with van der Waals surface area (Å²) in [6.07, 6.45) is 4.60. The van der Waals surface area contributed by atoms with E-state index in [1.807, 2.05) is 24.3 Å². The number of nitrogens with zero attached hydrogens (tertiary/aromatic N) is 8. The molecule has 2 aromatic heterocycles. The molecule has 13 heteroatoms. The highest BCUT2D eigenvalue weighted by atomic mass is 19.1. The number of halogens is 1. The molecule has 3 aliphatic heterocycles. The van der Waals surface area contributed by atoms with Gasteiger partial charge in [-0.05, 0) is 51.0 Å². The van der Waals surface area contributed by atoms with Crippen molar-refractivity contribution < 1.29 is 18.7 Å². The molecule has 4 aromatic rings. The largest absolute Gasteiger partial charge is 0.457 e. The summed E-state index contributed by atoms with van der Waals surface area (Å²) < 4.78 is 28.6. The number of piperazine rings is 1. The Bertz CT molecular complexity index is 1910. The highest BCUT2D eigenvalue weighted by Gasteiger charge is 2.35. The quantitative estimate of drug-likeness (QED) is 0.210. The summed E-state index contributed by atoms with van der Waals surface area (Å²) in [6, 6.07) is 14.0. The fourth-order valence-corrected chi connectivity index (χ4v) is 6.98. The fourth-order valence-electron chi connectivity index (χ4n) is 6.98. The second-order valence-electron chi connectivity index (χ2n) is 13.4. The molecule has 0 bridgehead atoms. The summed E-state index contributed by atoms with van der Waals surface area (Å²) in [7, 11) is 0. The van der Waals surface area contributed by atoms with Crippen LogP contribution in [0, 0.1) is 12.4 Å². The van der Waals surface area contributed by atoms with Gasteiger partial charge in [-0.25, -0.2) is 23.9 Å². The van der Waals surface area contributed by atoms with Crippen molar-refractivity contribution in [2.45, 2.75) is 44.3 Å². The van der Waals surface area contributed by atoms with E-state index in [0.29, 0.717) is 53.8 Å². The van der Waals surface area contributed by atoms with Crippen molar-refractivity contribution in [3.63, 3.8) is 0 Å². The first-order valence-corrected chi connectivity index (χ1v) is 16.7. The Morgan fingerprint density at radius 2 is 1.84 bits per heavy atom. The predicted molar refractivity (Wildman–Crippen MR) is 183 cm³/mol. The normalized spacial score (nSPS) is 19.8. The van der Waals surface area contributed by atoms with E-state index in [0.717, 1.165) is 45.8 Å². The second kappa shape index (κ2) is 13.5. The number of aromatic nitrogens is 4. The van der Waals surface area contributed by atoms with E-state index in [2.05, 4.69) is 38.5 Å². The van der Waals surface area contributed by atoms with Gasteiger partial charge in [-0.3, -0.25) is 14.6 Å². The van der Waals surface area contributed by atoms with Crippen molar-refractivity contribution in [1.29, 1.82) is 0 Å². The first-order valence-electron chi connectivity index (χ1n) is 16.7. The summed E-state index contributed by atoms with van der Waals surface area (Å²) in [5.74, 6) is 0.290. The minimum atomic E-state index is -0.531. The molecule has 0 aliphatic carbocycles. The van der Waals surface area contributed by atoms with Crippen LogP contribution >= 0.6 is 0 Å². The Morgan fingerprint density at radius 3 is 2.53 bits per heavy atom. The lowest BCUT2D eigenvalue weighted by molar-refractivity contribution is -0.128. The molecule has 0 radical (unpaired) electrons. The van der Waals surface area contributed by atoms with Gasteiger partial charge in [0.05, 0.1) is 37.3 Å². The predicted octanol–water partition coefficient (Wildman–Crippen LogP) is 4.77. The van der Waals surface area contributed by atoms with Crippen molar-refractivity contribution in [2.24, 2.45) is 0 Å². The van der Waals surface area contributed by atoms with Crippen LogP contribution in [0.25, 0.3) is 27.1 Å². The summed E-state index contributed by atoms with van der Waals surface area (Å²) in [5.41, 5.74) is 6.98. The van der Waals surface area contributed by atoms with Gasteiger partial charge in [-0.1, -0.05) is 24.3 Å². The van der Waals surface area contributed by atoms with Gasteiger partial charge in [0.1, 0.15) is 35.2 Å². The van der Waals surface area contributed by atoms with Crippen molar-refractivity contribution in [2.75, 3.05) is 58.2 Å². The molecule has 1 atom stereocenters. The minimum Gasteiger partial charge on any atom is -0.457 e. The van der Waals surface area contributed by atoms with Crippen molar-refractivity contribution in [1.82, 2.24) is 34.4 Å². The van der Waals surface area contributed by atoms with E-state index in [1.54, 1.807) is 33.8 Å². The highest BCUT2D eigenvalue weighted by molar-refractivity contribution is 5.98. The van der Waals surface area contributed by atoms with Crippen LogP contribution < -0.4 is 10.5 Å². The van der Waals surface area contributed by atoms with Crippen LogP contribution in [0.1, 0.15) is 32.7 Å². The van der Waals surface area contributed by atoms with Gasteiger partial charge < -0.3 is 20.1 Å². The van der Waals surface area contributed by atoms with Gasteiger partial charge in [0.15, 0.2) is 5.65 Å². The topological polar surface area (TPSA) is 119 Å². The average Bonchev–Trinajstić information content (AvgIpc) is 3.48. The smallest absolute Gasteiger partial charge is 0.252 e. The molecule has 3 saturated heterocycles. The first kappa shape index (κ1) is 32.6. The third kappa shape index (κ3) is 6.59. The van der Waals surface area contributed by atoms with Gasteiger partial charge in [0.25, 0.3) is 5.91 Å². The van der Waals surface area contributed by atoms with Gasteiger partial charge in [-0.2, -0.15) is 5.10 Å². The third-order valence-electron chi connectivity index (χ3n) is 9.82. The van der Waals surface area contributed by atoms with E-state index >= 15 is 4.39 Å². The van der Waals surface area contributed by atoms with Crippen LogP contribution in [0.5, 0.6) is 11.5 Å². The van der Waals surface area contributed by atoms with Crippen molar-refractivity contribution in [3.8, 4) is 22.8 Å². The van der Waals surface area contributed by atoms with Crippen LogP contribution in [0.2, 0.25) is 0 Å². The van der Waals surface area contributed by atoms with Crippen molar-refractivity contribution in [3.05, 3.63) is 83.9 Å². The number of carbonyl (C=O) groups excluding carboxylic acids is 1. The van der Waals surface area contributed by atoms with E-state index in [-0.39, 0.29) is 29.0 Å². The second-order valence-corrected chi connectivity index (χ2v) is 13.4. The number of benzene rings is 2.